The number of hydrogen-bond acceptors (Lipinski definition) is 2. The van der Waals surface area contributed by atoms with E-state index in [0.29, 0.717) is 24.2 Å². The summed E-state index contributed by atoms with van der Waals surface area (Å²) in [6.45, 7) is 11.2. The summed E-state index contributed by atoms with van der Waals surface area (Å²) in [5.74, 6) is 1.42. The van der Waals surface area contributed by atoms with Gasteiger partial charge in [0.15, 0.2) is 0 Å². The maximum Gasteiger partial charge on any atom is 0.222 e. The van der Waals surface area contributed by atoms with E-state index >= 15 is 0 Å². The van der Waals surface area contributed by atoms with E-state index in [9.17, 15) is 4.79 Å². The number of amides is 1. The highest BCUT2D eigenvalue weighted by molar-refractivity contribution is 5.76. The first-order valence-corrected chi connectivity index (χ1v) is 7.45. The molecule has 0 heterocycles. The molecule has 3 heteroatoms. The molecule has 0 aromatic carbocycles. The molecule has 0 saturated heterocycles. The predicted molar refractivity (Wildman–Crippen MR) is 78.4 cm³/mol. The normalized spacial score (nSPS) is 11.3. The van der Waals surface area contributed by atoms with Crippen molar-refractivity contribution in [2.24, 2.45) is 17.6 Å². The fourth-order valence-corrected chi connectivity index (χ4v) is 2.09. The SMILES string of the molecule is CC(C)CN(CC(C)C)C(=O)CCCCCCN. The molecule has 0 aliphatic rings. The lowest BCUT2D eigenvalue weighted by Crippen LogP contribution is -2.36. The van der Waals surface area contributed by atoms with Gasteiger partial charge in [-0.05, 0) is 31.2 Å². The van der Waals surface area contributed by atoms with Crippen LogP contribution < -0.4 is 5.73 Å². The molecule has 0 spiro atoms. The zero-order valence-corrected chi connectivity index (χ0v) is 12.7. The van der Waals surface area contributed by atoms with Gasteiger partial charge in [0.25, 0.3) is 0 Å². The smallest absolute Gasteiger partial charge is 0.222 e. The molecule has 0 rings (SSSR count). The van der Waals surface area contributed by atoms with Crippen molar-refractivity contribution in [1.29, 1.82) is 0 Å². The van der Waals surface area contributed by atoms with Crippen molar-refractivity contribution in [3.05, 3.63) is 0 Å². The fourth-order valence-electron chi connectivity index (χ4n) is 2.09. The average molecular weight is 256 g/mol. The van der Waals surface area contributed by atoms with E-state index in [1.54, 1.807) is 0 Å². The Morgan fingerprint density at radius 2 is 1.44 bits per heavy atom. The van der Waals surface area contributed by atoms with Crippen LogP contribution in [0.4, 0.5) is 0 Å². The Morgan fingerprint density at radius 1 is 0.944 bits per heavy atom. The number of unbranched alkanes of at least 4 members (excludes halogenated alkanes) is 3. The van der Waals surface area contributed by atoms with Crippen molar-refractivity contribution < 1.29 is 4.79 Å². The van der Waals surface area contributed by atoms with Crippen LogP contribution in [-0.4, -0.2) is 30.4 Å². The molecular formula is C15H32N2O. The highest BCUT2D eigenvalue weighted by atomic mass is 16.2. The number of rotatable bonds is 10. The lowest BCUT2D eigenvalue weighted by Gasteiger charge is -2.26. The Bertz CT molecular complexity index is 205. The summed E-state index contributed by atoms with van der Waals surface area (Å²) in [5.41, 5.74) is 5.45. The Kier molecular flexibility index (Phi) is 10.0. The Morgan fingerprint density at radius 3 is 1.89 bits per heavy atom. The topological polar surface area (TPSA) is 46.3 Å². The van der Waals surface area contributed by atoms with Crippen LogP contribution >= 0.6 is 0 Å². The summed E-state index contributed by atoms with van der Waals surface area (Å²) in [5, 5.41) is 0. The van der Waals surface area contributed by atoms with E-state index in [2.05, 4.69) is 27.7 Å². The molecule has 3 nitrogen and oxygen atoms in total. The molecule has 0 aromatic rings. The molecule has 0 bridgehead atoms. The van der Waals surface area contributed by atoms with Crippen LogP contribution in [0, 0.1) is 11.8 Å². The van der Waals surface area contributed by atoms with Gasteiger partial charge in [-0.2, -0.15) is 0 Å². The van der Waals surface area contributed by atoms with E-state index < -0.39 is 0 Å². The van der Waals surface area contributed by atoms with E-state index in [-0.39, 0.29) is 0 Å². The van der Waals surface area contributed by atoms with Crippen molar-refractivity contribution in [2.75, 3.05) is 19.6 Å². The molecule has 108 valence electrons. The first-order valence-electron chi connectivity index (χ1n) is 7.45. The van der Waals surface area contributed by atoms with Crippen LogP contribution in [0.3, 0.4) is 0 Å². The number of carbonyl (C=O) groups is 1. The Balaban J connectivity index is 3.96. The van der Waals surface area contributed by atoms with Crippen LogP contribution in [0.15, 0.2) is 0 Å². The van der Waals surface area contributed by atoms with Crippen LogP contribution in [0.5, 0.6) is 0 Å². The third-order valence-corrected chi connectivity index (χ3v) is 2.87. The molecule has 18 heavy (non-hydrogen) atoms. The van der Waals surface area contributed by atoms with Gasteiger partial charge in [0.05, 0.1) is 0 Å². The van der Waals surface area contributed by atoms with Crippen molar-refractivity contribution in [3.63, 3.8) is 0 Å². The molecule has 0 saturated carbocycles. The van der Waals surface area contributed by atoms with Gasteiger partial charge < -0.3 is 10.6 Å². The molecule has 0 atom stereocenters. The monoisotopic (exact) mass is 256 g/mol. The molecule has 0 aliphatic carbocycles. The molecule has 2 N–H and O–H groups in total. The van der Waals surface area contributed by atoms with Crippen LogP contribution in [0.1, 0.15) is 59.8 Å². The van der Waals surface area contributed by atoms with Gasteiger partial charge in [-0.3, -0.25) is 4.79 Å². The minimum absolute atomic E-state index is 0.324. The van der Waals surface area contributed by atoms with E-state index in [1.165, 1.54) is 0 Å². The maximum absolute atomic E-state index is 12.1. The largest absolute Gasteiger partial charge is 0.342 e. The Hall–Kier alpha value is -0.570. The first-order chi connectivity index (χ1) is 8.47. The zero-order chi connectivity index (χ0) is 14.0. The summed E-state index contributed by atoms with van der Waals surface area (Å²) in [6, 6.07) is 0. The van der Waals surface area contributed by atoms with Crippen molar-refractivity contribution in [3.8, 4) is 0 Å². The van der Waals surface area contributed by atoms with Gasteiger partial charge in [-0.1, -0.05) is 40.5 Å². The number of hydrogen-bond donors (Lipinski definition) is 1. The zero-order valence-electron chi connectivity index (χ0n) is 12.7. The molecule has 0 aromatic heterocycles. The van der Waals surface area contributed by atoms with Gasteiger partial charge in [-0.15, -0.1) is 0 Å². The molecule has 0 radical (unpaired) electrons. The predicted octanol–water partition coefficient (Wildman–Crippen LogP) is 3.04. The second-order valence-corrected chi connectivity index (χ2v) is 6.04. The molecule has 0 fully saturated rings. The summed E-state index contributed by atoms with van der Waals surface area (Å²) < 4.78 is 0. The third kappa shape index (κ3) is 9.46. The Labute approximate surface area is 113 Å². The lowest BCUT2D eigenvalue weighted by atomic mass is 10.1. The lowest BCUT2D eigenvalue weighted by molar-refractivity contribution is -0.132. The van der Waals surface area contributed by atoms with E-state index in [4.69, 9.17) is 5.73 Å². The van der Waals surface area contributed by atoms with Crippen molar-refractivity contribution in [1.82, 2.24) is 4.90 Å². The van der Waals surface area contributed by atoms with Gasteiger partial charge in [0, 0.05) is 19.5 Å². The van der Waals surface area contributed by atoms with Crippen LogP contribution in [-0.2, 0) is 4.79 Å². The van der Waals surface area contributed by atoms with E-state index in [0.717, 1.165) is 45.3 Å². The van der Waals surface area contributed by atoms with Gasteiger partial charge in [0.2, 0.25) is 5.91 Å². The quantitative estimate of drug-likeness (QED) is 0.611. The average Bonchev–Trinajstić information content (AvgIpc) is 2.26. The standard InChI is InChI=1S/C15H32N2O/c1-13(2)11-17(12-14(3)4)15(18)9-7-5-6-8-10-16/h13-14H,5-12,16H2,1-4H3. The molecule has 1 amide bonds. The summed E-state index contributed by atoms with van der Waals surface area (Å²) in [4.78, 5) is 14.2. The van der Waals surface area contributed by atoms with Gasteiger partial charge >= 0.3 is 0 Å². The van der Waals surface area contributed by atoms with Crippen molar-refractivity contribution in [2.45, 2.75) is 59.8 Å². The first kappa shape index (κ1) is 17.4. The molecule has 0 aliphatic heterocycles. The van der Waals surface area contributed by atoms with Gasteiger partial charge in [-0.25, -0.2) is 0 Å². The van der Waals surface area contributed by atoms with Crippen LogP contribution in [0.25, 0.3) is 0 Å². The van der Waals surface area contributed by atoms with Crippen molar-refractivity contribution >= 4 is 5.91 Å². The van der Waals surface area contributed by atoms with Gasteiger partial charge in [0.1, 0.15) is 0 Å². The summed E-state index contributed by atoms with van der Waals surface area (Å²) in [7, 11) is 0. The van der Waals surface area contributed by atoms with E-state index in [1.807, 2.05) is 4.90 Å². The number of nitrogens with zero attached hydrogens (tertiary/aromatic N) is 1. The number of carbonyl (C=O) groups excluding carboxylic acids is 1. The summed E-state index contributed by atoms with van der Waals surface area (Å²) in [6.07, 6.45) is 5.06. The minimum atomic E-state index is 0.324. The fraction of sp³-hybridized carbons (Fsp3) is 0.933. The maximum atomic E-state index is 12.1. The second-order valence-electron chi connectivity index (χ2n) is 6.04. The molecule has 0 unspecified atom stereocenters. The molecular weight excluding hydrogens is 224 g/mol. The second kappa shape index (κ2) is 10.4. The minimum Gasteiger partial charge on any atom is -0.342 e. The third-order valence-electron chi connectivity index (χ3n) is 2.87. The highest BCUT2D eigenvalue weighted by Gasteiger charge is 2.15. The number of nitrogens with two attached hydrogens (primary N) is 1. The summed E-state index contributed by atoms with van der Waals surface area (Å²) >= 11 is 0. The van der Waals surface area contributed by atoms with Crippen LogP contribution in [0.2, 0.25) is 0 Å². The highest BCUT2D eigenvalue weighted by Crippen LogP contribution is 2.09.